The van der Waals surface area contributed by atoms with E-state index in [1.807, 2.05) is 0 Å². The Labute approximate surface area is 181 Å². The lowest BCUT2D eigenvalue weighted by Crippen LogP contribution is -2.29. The second-order valence-corrected chi connectivity index (χ2v) is 7.00. The number of hydrogen-bond acceptors (Lipinski definition) is 8. The van der Waals surface area contributed by atoms with E-state index in [1.165, 1.54) is 0 Å². The average molecular weight is 437 g/mol. The van der Waals surface area contributed by atoms with Gasteiger partial charge in [-0.3, -0.25) is 9.36 Å². The molecule has 164 valence electrons. The highest BCUT2D eigenvalue weighted by atomic mass is 16.6. The molecular formula is C22H19N3O7. The Kier molecular flexibility index (Phi) is 6.08. The Morgan fingerprint density at radius 3 is 2.25 bits per heavy atom. The minimum absolute atomic E-state index is 0.0788. The summed E-state index contributed by atoms with van der Waals surface area (Å²) in [5.41, 5.74) is -0.281. The zero-order valence-electron chi connectivity index (χ0n) is 16.6. The fraction of sp³-hybridized carbons (Fsp3) is 0.182. The van der Waals surface area contributed by atoms with Crippen molar-refractivity contribution in [1.82, 2.24) is 9.55 Å². The number of aliphatic hydroxyl groups excluding tert-OH is 2. The lowest BCUT2D eigenvalue weighted by atomic mass is 10.2. The van der Waals surface area contributed by atoms with Crippen molar-refractivity contribution in [2.45, 2.75) is 25.0 Å². The highest BCUT2D eigenvalue weighted by molar-refractivity contribution is 6.04. The van der Waals surface area contributed by atoms with Crippen molar-refractivity contribution in [3.8, 4) is 5.75 Å². The van der Waals surface area contributed by atoms with Crippen LogP contribution in [0.3, 0.4) is 0 Å². The molecule has 0 unspecified atom stereocenters. The number of aromatic nitrogens is 2. The zero-order valence-corrected chi connectivity index (χ0v) is 16.6. The molecule has 0 saturated carbocycles. The Balaban J connectivity index is 1.69. The van der Waals surface area contributed by atoms with Gasteiger partial charge in [-0.15, -0.1) is 0 Å². The molecule has 2 aromatic carbocycles. The number of anilines is 1. The summed E-state index contributed by atoms with van der Waals surface area (Å²) in [5.74, 6) is -1.76. The summed E-state index contributed by atoms with van der Waals surface area (Å²) >= 11 is 0. The molecule has 2 heterocycles. The number of hydrogen-bond donors (Lipinski definition) is 3. The molecular weight excluding hydrogens is 418 g/mol. The molecule has 1 aliphatic rings. The number of nitrogens with one attached hydrogen (secondary N) is 1. The normalized spacial score (nSPS) is 20.0. The summed E-state index contributed by atoms with van der Waals surface area (Å²) in [6.07, 6.45) is -2.64. The highest BCUT2D eigenvalue weighted by Crippen LogP contribution is 2.29. The Hall–Kier alpha value is -3.86. The molecule has 0 aliphatic carbocycles. The van der Waals surface area contributed by atoms with Crippen LogP contribution in [-0.4, -0.2) is 44.0 Å². The van der Waals surface area contributed by atoms with Gasteiger partial charge in [-0.05, 0) is 24.3 Å². The molecule has 4 rings (SSSR count). The minimum Gasteiger partial charge on any atom is -0.417 e. The number of amides is 1. The summed E-state index contributed by atoms with van der Waals surface area (Å²) in [6, 6.07) is 16.4. The average Bonchev–Trinajstić information content (AvgIpc) is 3.14. The van der Waals surface area contributed by atoms with E-state index < -0.39 is 36.2 Å². The summed E-state index contributed by atoms with van der Waals surface area (Å²) < 4.78 is 11.6. The first-order valence-electron chi connectivity index (χ1n) is 9.71. The van der Waals surface area contributed by atoms with Crippen LogP contribution in [0, 0.1) is 0 Å². The van der Waals surface area contributed by atoms with Crippen molar-refractivity contribution in [2.24, 2.45) is 0 Å². The molecule has 0 spiro atoms. The van der Waals surface area contributed by atoms with Gasteiger partial charge in [0, 0.05) is 12.0 Å². The lowest BCUT2D eigenvalue weighted by molar-refractivity contribution is -0.142. The first kappa shape index (κ1) is 21.4. The standard InChI is InChI=1S/C22H19N3O7/c26-15-11-17(32-21(15)29)25-12-16(31-20(28)14-9-5-2-6-10-14)18(24-22(25)30)23-19(27)13-7-3-1-4-8-13/h1-10,12,15,17,21,26,29H,11H2,(H,23,24,27,30)/t15-,17+,21-/m0/s1. The van der Waals surface area contributed by atoms with E-state index in [1.54, 1.807) is 60.7 Å². The van der Waals surface area contributed by atoms with Crippen LogP contribution in [-0.2, 0) is 4.74 Å². The van der Waals surface area contributed by atoms with Gasteiger partial charge in [-0.25, -0.2) is 9.59 Å². The SMILES string of the molecule is O=C(Nc1nc(=O)n([C@H]2C[C@H](O)[C@@H](O)O2)cc1OC(=O)c1ccccc1)c1ccccc1. The number of rotatable bonds is 5. The molecule has 0 bridgehead atoms. The molecule has 3 aromatic rings. The Bertz CT molecular complexity index is 1170. The van der Waals surface area contributed by atoms with E-state index in [-0.39, 0.29) is 23.6 Å². The van der Waals surface area contributed by atoms with Crippen LogP contribution < -0.4 is 15.7 Å². The number of benzene rings is 2. The molecule has 1 aliphatic heterocycles. The van der Waals surface area contributed by atoms with Gasteiger partial charge in [-0.2, -0.15) is 4.98 Å². The van der Waals surface area contributed by atoms with Crippen LogP contribution in [0.15, 0.2) is 71.7 Å². The lowest BCUT2D eigenvalue weighted by Gasteiger charge is -2.16. The van der Waals surface area contributed by atoms with Crippen molar-refractivity contribution in [3.05, 3.63) is 88.5 Å². The van der Waals surface area contributed by atoms with Gasteiger partial charge in [0.05, 0.1) is 11.8 Å². The van der Waals surface area contributed by atoms with Crippen LogP contribution in [0.25, 0.3) is 0 Å². The predicted octanol–water partition coefficient (Wildman–Crippen LogP) is 1.31. The van der Waals surface area contributed by atoms with Gasteiger partial charge in [0.15, 0.2) is 17.9 Å². The molecule has 1 fully saturated rings. The van der Waals surface area contributed by atoms with Crippen molar-refractivity contribution in [1.29, 1.82) is 0 Å². The van der Waals surface area contributed by atoms with E-state index in [2.05, 4.69) is 10.3 Å². The third-order valence-electron chi connectivity index (χ3n) is 4.78. The van der Waals surface area contributed by atoms with Gasteiger partial charge >= 0.3 is 11.7 Å². The van der Waals surface area contributed by atoms with Crippen molar-refractivity contribution >= 4 is 17.7 Å². The van der Waals surface area contributed by atoms with Crippen molar-refractivity contribution in [2.75, 3.05) is 5.32 Å². The predicted molar refractivity (Wildman–Crippen MR) is 111 cm³/mol. The Morgan fingerprint density at radius 1 is 1.03 bits per heavy atom. The summed E-state index contributed by atoms with van der Waals surface area (Å²) in [5, 5.41) is 21.8. The number of carbonyl (C=O) groups is 2. The van der Waals surface area contributed by atoms with E-state index in [9.17, 15) is 24.6 Å². The molecule has 0 radical (unpaired) electrons. The maximum Gasteiger partial charge on any atom is 0.351 e. The summed E-state index contributed by atoms with van der Waals surface area (Å²) in [4.78, 5) is 41.6. The molecule has 3 atom stereocenters. The van der Waals surface area contributed by atoms with Gasteiger partial charge in [0.1, 0.15) is 12.3 Å². The van der Waals surface area contributed by atoms with E-state index in [0.29, 0.717) is 5.56 Å². The van der Waals surface area contributed by atoms with E-state index >= 15 is 0 Å². The van der Waals surface area contributed by atoms with Crippen LogP contribution in [0.5, 0.6) is 5.75 Å². The number of aliphatic hydroxyl groups is 2. The highest BCUT2D eigenvalue weighted by Gasteiger charge is 2.35. The molecule has 1 saturated heterocycles. The molecule has 10 nitrogen and oxygen atoms in total. The maximum absolute atomic E-state index is 12.6. The number of nitrogens with zero attached hydrogens (tertiary/aromatic N) is 2. The third-order valence-corrected chi connectivity index (χ3v) is 4.78. The Morgan fingerprint density at radius 2 is 1.66 bits per heavy atom. The second-order valence-electron chi connectivity index (χ2n) is 7.00. The quantitative estimate of drug-likeness (QED) is 0.508. The van der Waals surface area contributed by atoms with Gasteiger partial charge in [0.25, 0.3) is 5.91 Å². The first-order valence-corrected chi connectivity index (χ1v) is 9.71. The summed E-state index contributed by atoms with van der Waals surface area (Å²) in [6.45, 7) is 0. The van der Waals surface area contributed by atoms with Crippen molar-refractivity contribution < 1.29 is 29.3 Å². The van der Waals surface area contributed by atoms with Crippen LogP contribution in [0.1, 0.15) is 33.4 Å². The maximum atomic E-state index is 12.6. The molecule has 1 aromatic heterocycles. The zero-order chi connectivity index (χ0) is 22.7. The van der Waals surface area contributed by atoms with E-state index in [0.717, 1.165) is 10.8 Å². The molecule has 3 N–H and O–H groups in total. The third kappa shape index (κ3) is 4.57. The number of carbonyl (C=O) groups excluding carboxylic acids is 2. The van der Waals surface area contributed by atoms with Crippen LogP contribution >= 0.6 is 0 Å². The van der Waals surface area contributed by atoms with Crippen LogP contribution in [0.4, 0.5) is 5.82 Å². The van der Waals surface area contributed by atoms with E-state index in [4.69, 9.17) is 9.47 Å². The first-order chi connectivity index (χ1) is 15.4. The molecule has 10 heteroatoms. The summed E-state index contributed by atoms with van der Waals surface area (Å²) in [7, 11) is 0. The van der Waals surface area contributed by atoms with Gasteiger partial charge in [0.2, 0.25) is 0 Å². The monoisotopic (exact) mass is 437 g/mol. The second kappa shape index (κ2) is 9.10. The minimum atomic E-state index is -1.47. The number of ether oxygens (including phenoxy) is 2. The van der Waals surface area contributed by atoms with Crippen molar-refractivity contribution in [3.63, 3.8) is 0 Å². The smallest absolute Gasteiger partial charge is 0.351 e. The molecule has 32 heavy (non-hydrogen) atoms. The topological polar surface area (TPSA) is 140 Å². The van der Waals surface area contributed by atoms with Gasteiger partial charge in [-0.1, -0.05) is 36.4 Å². The van der Waals surface area contributed by atoms with Crippen LogP contribution in [0.2, 0.25) is 0 Å². The number of esters is 1. The largest absolute Gasteiger partial charge is 0.417 e. The fourth-order valence-corrected chi connectivity index (χ4v) is 3.13. The molecule has 1 amide bonds. The van der Waals surface area contributed by atoms with Gasteiger partial charge < -0.3 is 25.0 Å². The fourth-order valence-electron chi connectivity index (χ4n) is 3.13.